The summed E-state index contributed by atoms with van der Waals surface area (Å²) in [5.41, 5.74) is 2.21. The molecule has 0 radical (unpaired) electrons. The number of Topliss-reactive ketones (excluding diaryl/α,β-unsaturated/α-hetero) is 1. The normalized spacial score (nSPS) is 11.4. The molecular formula is C18H16N4O3S2. The molecule has 0 bridgehead atoms. The molecule has 0 atom stereocenters. The van der Waals surface area contributed by atoms with Gasteiger partial charge in [-0.05, 0) is 31.5 Å². The molecule has 2 N–H and O–H groups in total. The number of rotatable bonds is 5. The smallest absolute Gasteiger partial charge is 0.259 e. The highest BCUT2D eigenvalue weighted by Gasteiger charge is 2.17. The molecule has 3 aromatic heterocycles. The van der Waals surface area contributed by atoms with Crippen molar-refractivity contribution in [1.82, 2.24) is 19.9 Å². The van der Waals surface area contributed by atoms with Gasteiger partial charge in [-0.25, -0.2) is 9.97 Å². The van der Waals surface area contributed by atoms with Gasteiger partial charge in [0.15, 0.2) is 10.9 Å². The number of ketones is 1. The van der Waals surface area contributed by atoms with Crippen molar-refractivity contribution in [3.05, 3.63) is 44.8 Å². The quantitative estimate of drug-likeness (QED) is 0.392. The highest BCUT2D eigenvalue weighted by Crippen LogP contribution is 2.29. The number of aromatic amines is 2. The van der Waals surface area contributed by atoms with Crippen molar-refractivity contribution in [3.8, 4) is 5.75 Å². The highest BCUT2D eigenvalue weighted by atomic mass is 32.2. The molecule has 0 fully saturated rings. The molecule has 0 saturated carbocycles. The van der Waals surface area contributed by atoms with Gasteiger partial charge in [0.25, 0.3) is 5.56 Å². The number of benzene rings is 1. The number of hydrogen-bond donors (Lipinski definition) is 2. The van der Waals surface area contributed by atoms with Crippen molar-refractivity contribution in [3.63, 3.8) is 0 Å². The number of fused-ring (bicyclic) bond motifs is 2. The van der Waals surface area contributed by atoms with Crippen LogP contribution in [0.25, 0.3) is 21.3 Å². The zero-order chi connectivity index (χ0) is 19.1. The third-order valence-electron chi connectivity index (χ3n) is 4.18. The first-order chi connectivity index (χ1) is 13.0. The average molecular weight is 400 g/mol. The molecule has 0 amide bonds. The van der Waals surface area contributed by atoms with Gasteiger partial charge in [-0.15, -0.1) is 11.3 Å². The summed E-state index contributed by atoms with van der Waals surface area (Å²) in [6.07, 6.45) is 0. The second-order valence-electron chi connectivity index (χ2n) is 6.02. The van der Waals surface area contributed by atoms with E-state index in [1.807, 2.05) is 18.2 Å². The maximum Gasteiger partial charge on any atom is 0.259 e. The summed E-state index contributed by atoms with van der Waals surface area (Å²) in [7, 11) is 1.62. The van der Waals surface area contributed by atoms with Crippen molar-refractivity contribution >= 4 is 50.1 Å². The summed E-state index contributed by atoms with van der Waals surface area (Å²) >= 11 is 2.71. The molecule has 4 rings (SSSR count). The fourth-order valence-electron chi connectivity index (χ4n) is 2.89. The van der Waals surface area contributed by atoms with Crippen LogP contribution in [0.4, 0.5) is 0 Å². The Balaban J connectivity index is 1.62. The maximum atomic E-state index is 12.4. The first-order valence-corrected chi connectivity index (χ1v) is 9.96. The lowest BCUT2D eigenvalue weighted by Crippen LogP contribution is -2.11. The van der Waals surface area contributed by atoms with E-state index < -0.39 is 0 Å². The molecule has 0 spiro atoms. The van der Waals surface area contributed by atoms with Crippen LogP contribution in [-0.4, -0.2) is 32.8 Å². The number of imidazole rings is 1. The number of aryl methyl sites for hydroxylation is 1. The molecule has 4 aromatic rings. The number of aromatic nitrogens is 4. The maximum absolute atomic E-state index is 12.4. The third kappa shape index (κ3) is 3.24. The van der Waals surface area contributed by atoms with Gasteiger partial charge in [0.1, 0.15) is 16.4 Å². The Morgan fingerprint density at radius 2 is 2.11 bits per heavy atom. The van der Waals surface area contributed by atoms with Crippen LogP contribution >= 0.6 is 23.1 Å². The van der Waals surface area contributed by atoms with E-state index in [0.717, 1.165) is 21.9 Å². The van der Waals surface area contributed by atoms with Crippen LogP contribution in [0, 0.1) is 6.92 Å². The number of ether oxygens (including phenoxy) is 1. The minimum absolute atomic E-state index is 0.0523. The van der Waals surface area contributed by atoms with Gasteiger partial charge in [-0.1, -0.05) is 11.8 Å². The Morgan fingerprint density at radius 3 is 2.85 bits per heavy atom. The number of H-pyrrole nitrogens is 2. The van der Waals surface area contributed by atoms with E-state index in [0.29, 0.717) is 32.2 Å². The van der Waals surface area contributed by atoms with Gasteiger partial charge in [-0.2, -0.15) is 0 Å². The van der Waals surface area contributed by atoms with E-state index in [-0.39, 0.29) is 11.3 Å². The minimum atomic E-state index is -0.216. The molecule has 27 heavy (non-hydrogen) atoms. The Labute approximate surface area is 162 Å². The van der Waals surface area contributed by atoms with Gasteiger partial charge >= 0.3 is 0 Å². The number of hydrogen-bond acceptors (Lipinski definition) is 7. The van der Waals surface area contributed by atoms with E-state index in [4.69, 9.17) is 4.74 Å². The molecular weight excluding hydrogens is 384 g/mol. The fraction of sp³-hybridized carbons (Fsp3) is 0.222. The summed E-state index contributed by atoms with van der Waals surface area (Å²) in [5.74, 6) is 1.71. The number of nitrogens with one attached hydrogen (secondary N) is 2. The average Bonchev–Trinajstić information content (AvgIpc) is 3.20. The first-order valence-electron chi connectivity index (χ1n) is 8.16. The molecule has 7 nitrogen and oxygen atoms in total. The molecule has 0 unspecified atom stereocenters. The minimum Gasteiger partial charge on any atom is -0.497 e. The SMILES string of the molecule is COc1ccc2nc(SCc3nc4sc(C(C)=O)c(C)c4c(=O)[nH]3)[nH]c2c1. The summed E-state index contributed by atoms with van der Waals surface area (Å²) in [6, 6.07) is 5.63. The zero-order valence-electron chi connectivity index (χ0n) is 14.9. The fourth-order valence-corrected chi connectivity index (χ4v) is 4.74. The molecule has 0 saturated heterocycles. The number of carbonyl (C=O) groups excluding carboxylic acids is 1. The second kappa shape index (κ2) is 6.82. The van der Waals surface area contributed by atoms with Crippen LogP contribution in [0.15, 0.2) is 28.2 Å². The van der Waals surface area contributed by atoms with Crippen LogP contribution in [0.1, 0.15) is 28.0 Å². The van der Waals surface area contributed by atoms with E-state index >= 15 is 0 Å². The van der Waals surface area contributed by atoms with Crippen molar-refractivity contribution in [2.75, 3.05) is 7.11 Å². The van der Waals surface area contributed by atoms with E-state index in [9.17, 15) is 9.59 Å². The van der Waals surface area contributed by atoms with Crippen molar-refractivity contribution in [2.45, 2.75) is 24.8 Å². The number of nitrogens with zero attached hydrogens (tertiary/aromatic N) is 2. The predicted molar refractivity (Wildman–Crippen MR) is 107 cm³/mol. The highest BCUT2D eigenvalue weighted by molar-refractivity contribution is 7.98. The topological polar surface area (TPSA) is 101 Å². The summed E-state index contributed by atoms with van der Waals surface area (Å²) in [4.78, 5) is 40.4. The van der Waals surface area contributed by atoms with Crippen LogP contribution < -0.4 is 10.3 Å². The van der Waals surface area contributed by atoms with Gasteiger partial charge in [-0.3, -0.25) is 9.59 Å². The van der Waals surface area contributed by atoms with Crippen LogP contribution in [0.5, 0.6) is 5.75 Å². The Kier molecular flexibility index (Phi) is 4.48. The number of thioether (sulfide) groups is 1. The van der Waals surface area contributed by atoms with E-state index in [1.54, 1.807) is 14.0 Å². The molecule has 0 aliphatic carbocycles. The predicted octanol–water partition coefficient (Wildman–Crippen LogP) is 3.67. The first kappa shape index (κ1) is 17.7. The zero-order valence-corrected chi connectivity index (χ0v) is 16.5. The lowest BCUT2D eigenvalue weighted by atomic mass is 10.2. The number of carbonyl (C=O) groups is 1. The lowest BCUT2D eigenvalue weighted by Gasteiger charge is -1.99. The van der Waals surface area contributed by atoms with E-state index in [2.05, 4.69) is 19.9 Å². The Morgan fingerprint density at radius 1 is 1.30 bits per heavy atom. The van der Waals surface area contributed by atoms with Crippen molar-refractivity contribution in [1.29, 1.82) is 0 Å². The number of thiophene rings is 1. The second-order valence-corrected chi connectivity index (χ2v) is 7.98. The van der Waals surface area contributed by atoms with Crippen molar-refractivity contribution in [2.24, 2.45) is 0 Å². The van der Waals surface area contributed by atoms with Gasteiger partial charge in [0, 0.05) is 6.07 Å². The summed E-state index contributed by atoms with van der Waals surface area (Å²) in [6.45, 7) is 3.28. The van der Waals surface area contributed by atoms with Crippen LogP contribution in [-0.2, 0) is 5.75 Å². The lowest BCUT2D eigenvalue weighted by molar-refractivity contribution is 0.102. The van der Waals surface area contributed by atoms with Gasteiger partial charge in [0.2, 0.25) is 0 Å². The largest absolute Gasteiger partial charge is 0.497 e. The van der Waals surface area contributed by atoms with Gasteiger partial charge in [0.05, 0.1) is 34.2 Å². The molecule has 3 heterocycles. The molecule has 9 heteroatoms. The summed E-state index contributed by atoms with van der Waals surface area (Å²) < 4.78 is 5.22. The van der Waals surface area contributed by atoms with Crippen LogP contribution in [0.2, 0.25) is 0 Å². The number of methoxy groups -OCH3 is 1. The summed E-state index contributed by atoms with van der Waals surface area (Å²) in [5, 5.41) is 1.22. The van der Waals surface area contributed by atoms with Gasteiger partial charge < -0.3 is 14.7 Å². The molecule has 138 valence electrons. The van der Waals surface area contributed by atoms with Crippen molar-refractivity contribution < 1.29 is 9.53 Å². The van der Waals surface area contributed by atoms with E-state index in [1.165, 1.54) is 30.0 Å². The standard InChI is InChI=1S/C18H16N4O3S2/c1-8-14-16(24)21-13(22-17(14)27-15(8)9(2)23)7-26-18-19-11-5-4-10(25-3)6-12(11)20-18/h4-6H,7H2,1-3H3,(H,19,20)(H,21,22,24). The third-order valence-corrected chi connectivity index (χ3v) is 6.35. The Bertz CT molecular complexity index is 1240. The molecule has 0 aliphatic heterocycles. The van der Waals surface area contributed by atoms with Crippen LogP contribution in [0.3, 0.4) is 0 Å². The molecule has 0 aliphatic rings. The monoisotopic (exact) mass is 400 g/mol. The molecule has 1 aromatic carbocycles. The Hall–Kier alpha value is -2.65.